The van der Waals surface area contributed by atoms with Gasteiger partial charge in [-0.05, 0) is 160 Å². The van der Waals surface area contributed by atoms with Crippen molar-refractivity contribution in [1.29, 1.82) is 0 Å². The van der Waals surface area contributed by atoms with E-state index in [0.29, 0.717) is 0 Å². The minimum Gasteiger partial charge on any atom is -0.0616 e. The molecule has 0 aliphatic heterocycles. The van der Waals surface area contributed by atoms with E-state index in [0.717, 1.165) is 0 Å². The zero-order valence-corrected chi connectivity index (χ0v) is 38.4. The van der Waals surface area contributed by atoms with E-state index in [1.54, 1.807) is 0 Å². The fourth-order valence-corrected chi connectivity index (χ4v) is 11.5. The summed E-state index contributed by atoms with van der Waals surface area (Å²) in [5, 5.41) is 17.6. The molecule has 0 atom stereocenters. The summed E-state index contributed by atoms with van der Waals surface area (Å²) in [7, 11) is 0. The maximum atomic E-state index is 2.43. The van der Waals surface area contributed by atoms with Gasteiger partial charge in [0.05, 0.1) is 0 Å². The SMILES string of the molecule is c1ccc2cc(-c3c4ccccc4c(-c4ccc5ccccc5c4)c4cc(-c5ccc(-c6ccc(-c7c8ccccc8c(-c8cccc9ccccc89)c8ccccc78)cc6)cc5)ccc34)ccc2c1. The smallest absolute Gasteiger partial charge is 0.00201 e. The average molecular weight is 885 g/mol. The van der Waals surface area contributed by atoms with Crippen LogP contribution in [0.3, 0.4) is 0 Å². The Morgan fingerprint density at radius 1 is 0.143 bits per heavy atom. The van der Waals surface area contributed by atoms with Gasteiger partial charge in [-0.3, -0.25) is 0 Å². The zero-order chi connectivity index (χ0) is 46.1. The van der Waals surface area contributed by atoms with Crippen molar-refractivity contribution in [2.24, 2.45) is 0 Å². The lowest BCUT2D eigenvalue weighted by Crippen LogP contribution is -1.92. The first-order valence-electron chi connectivity index (χ1n) is 24.3. The van der Waals surface area contributed by atoms with Crippen LogP contribution in [0.4, 0.5) is 0 Å². The molecular weight excluding hydrogens is 841 g/mol. The van der Waals surface area contributed by atoms with Crippen LogP contribution in [0.1, 0.15) is 0 Å². The van der Waals surface area contributed by atoms with Crippen LogP contribution in [0.2, 0.25) is 0 Å². The van der Waals surface area contributed by atoms with Gasteiger partial charge in [0.1, 0.15) is 0 Å². The molecule has 0 aliphatic rings. The Labute approximate surface area is 407 Å². The Balaban J connectivity index is 0.874. The molecule has 0 saturated carbocycles. The number of benzene rings is 14. The number of hydrogen-bond donors (Lipinski definition) is 0. The molecule has 0 N–H and O–H groups in total. The van der Waals surface area contributed by atoms with E-state index >= 15 is 0 Å². The molecule has 0 amide bonds. The molecule has 0 heteroatoms. The zero-order valence-electron chi connectivity index (χ0n) is 38.4. The van der Waals surface area contributed by atoms with Crippen LogP contribution in [0.25, 0.3) is 142 Å². The second-order valence-corrected chi connectivity index (χ2v) is 18.7. The molecule has 14 rings (SSSR count). The van der Waals surface area contributed by atoms with Crippen LogP contribution in [-0.4, -0.2) is 0 Å². The summed E-state index contributed by atoms with van der Waals surface area (Å²) in [6.07, 6.45) is 0. The van der Waals surface area contributed by atoms with E-state index in [9.17, 15) is 0 Å². The first-order valence-corrected chi connectivity index (χ1v) is 24.3. The highest BCUT2D eigenvalue weighted by Gasteiger charge is 2.20. The van der Waals surface area contributed by atoms with Crippen molar-refractivity contribution in [2.45, 2.75) is 0 Å². The fourth-order valence-electron chi connectivity index (χ4n) is 11.5. The summed E-state index contributed by atoms with van der Waals surface area (Å²) in [6, 6.07) is 98.9. The van der Waals surface area contributed by atoms with Crippen molar-refractivity contribution >= 4 is 75.4 Å². The van der Waals surface area contributed by atoms with Gasteiger partial charge >= 0.3 is 0 Å². The van der Waals surface area contributed by atoms with Crippen molar-refractivity contribution in [3.8, 4) is 66.8 Å². The van der Waals surface area contributed by atoms with Gasteiger partial charge in [-0.1, -0.05) is 249 Å². The standard InChI is InChI=1S/C70H44/c1-3-17-52-42-55(38-34-45(52)14-1)68-59-21-7-8-22-60(59)69(56-39-35-46-15-2-4-18-53(46)43-56)66-44-54(40-41-65(66)68)49-30-28-47(29-31-49)48-32-36-51(37-33-48)67-61-23-9-11-25-63(61)70(64-26-12-10-24-62(64)67)58-27-13-19-50-16-5-6-20-57(50)58/h1-44H. The van der Waals surface area contributed by atoms with Crippen molar-refractivity contribution in [2.75, 3.05) is 0 Å². The average Bonchev–Trinajstić information content (AvgIpc) is 3.43. The van der Waals surface area contributed by atoms with Gasteiger partial charge in [-0.25, -0.2) is 0 Å². The highest BCUT2D eigenvalue weighted by atomic mass is 14.2. The second kappa shape index (κ2) is 16.3. The minimum absolute atomic E-state index is 1.19. The Morgan fingerprint density at radius 2 is 0.471 bits per heavy atom. The van der Waals surface area contributed by atoms with Gasteiger partial charge in [-0.2, -0.15) is 0 Å². The van der Waals surface area contributed by atoms with Crippen LogP contribution < -0.4 is 0 Å². The van der Waals surface area contributed by atoms with E-state index in [1.165, 1.54) is 142 Å². The Morgan fingerprint density at radius 3 is 0.986 bits per heavy atom. The van der Waals surface area contributed by atoms with Crippen molar-refractivity contribution < 1.29 is 0 Å². The number of rotatable bonds is 6. The van der Waals surface area contributed by atoms with Gasteiger partial charge < -0.3 is 0 Å². The lowest BCUT2D eigenvalue weighted by atomic mass is 9.84. The summed E-state index contributed by atoms with van der Waals surface area (Å²) in [6.45, 7) is 0. The molecule has 0 unspecified atom stereocenters. The molecule has 0 saturated heterocycles. The summed E-state index contributed by atoms with van der Waals surface area (Å²) < 4.78 is 0. The van der Waals surface area contributed by atoms with Crippen LogP contribution in [0.5, 0.6) is 0 Å². The Hall–Kier alpha value is -9.10. The maximum absolute atomic E-state index is 2.43. The topological polar surface area (TPSA) is 0 Å². The van der Waals surface area contributed by atoms with Gasteiger partial charge in [0.2, 0.25) is 0 Å². The largest absolute Gasteiger partial charge is 0.0616 e. The maximum Gasteiger partial charge on any atom is -0.00201 e. The van der Waals surface area contributed by atoms with Crippen LogP contribution in [0, 0.1) is 0 Å². The Kier molecular flexibility index (Phi) is 9.32. The normalized spacial score (nSPS) is 11.7. The molecule has 14 aromatic rings. The predicted octanol–water partition coefficient (Wildman–Crippen LogP) is 19.8. The van der Waals surface area contributed by atoms with E-state index < -0.39 is 0 Å². The molecule has 70 heavy (non-hydrogen) atoms. The van der Waals surface area contributed by atoms with E-state index in [-0.39, 0.29) is 0 Å². The van der Waals surface area contributed by atoms with Crippen molar-refractivity contribution in [3.05, 3.63) is 267 Å². The number of fused-ring (bicyclic) bond motifs is 7. The predicted molar refractivity (Wildman–Crippen MR) is 302 cm³/mol. The first-order chi connectivity index (χ1) is 34.7. The monoisotopic (exact) mass is 884 g/mol. The molecule has 0 aromatic heterocycles. The Bertz CT molecular complexity index is 4320. The molecule has 0 spiro atoms. The third kappa shape index (κ3) is 6.53. The van der Waals surface area contributed by atoms with Gasteiger partial charge in [0.25, 0.3) is 0 Å². The summed E-state index contributed by atoms with van der Waals surface area (Å²) >= 11 is 0. The molecule has 0 nitrogen and oxygen atoms in total. The quantitative estimate of drug-likeness (QED) is 0.146. The fraction of sp³-hybridized carbons (Fsp3) is 0. The second-order valence-electron chi connectivity index (χ2n) is 18.7. The molecule has 324 valence electrons. The van der Waals surface area contributed by atoms with E-state index in [2.05, 4.69) is 267 Å². The number of hydrogen-bond acceptors (Lipinski definition) is 0. The molecule has 0 fully saturated rings. The molecule has 14 aromatic carbocycles. The first kappa shape index (κ1) is 40.0. The molecule has 0 heterocycles. The van der Waals surface area contributed by atoms with E-state index in [1.807, 2.05) is 0 Å². The van der Waals surface area contributed by atoms with Gasteiger partial charge in [0, 0.05) is 0 Å². The van der Waals surface area contributed by atoms with Crippen molar-refractivity contribution in [1.82, 2.24) is 0 Å². The van der Waals surface area contributed by atoms with Crippen LogP contribution in [0.15, 0.2) is 267 Å². The summed E-state index contributed by atoms with van der Waals surface area (Å²) in [5.74, 6) is 0. The summed E-state index contributed by atoms with van der Waals surface area (Å²) in [4.78, 5) is 0. The minimum atomic E-state index is 1.19. The molecule has 0 aliphatic carbocycles. The lowest BCUT2D eigenvalue weighted by Gasteiger charge is -2.19. The van der Waals surface area contributed by atoms with Gasteiger partial charge in [0.15, 0.2) is 0 Å². The third-order valence-electron chi connectivity index (χ3n) is 14.8. The highest BCUT2D eigenvalue weighted by Crippen LogP contribution is 2.48. The lowest BCUT2D eigenvalue weighted by molar-refractivity contribution is 1.59. The molecule has 0 radical (unpaired) electrons. The molecule has 0 bridgehead atoms. The van der Waals surface area contributed by atoms with Gasteiger partial charge in [-0.15, -0.1) is 0 Å². The van der Waals surface area contributed by atoms with E-state index in [4.69, 9.17) is 0 Å². The van der Waals surface area contributed by atoms with Crippen LogP contribution in [-0.2, 0) is 0 Å². The molecular formula is C70H44. The van der Waals surface area contributed by atoms with Crippen LogP contribution >= 0.6 is 0 Å². The third-order valence-corrected chi connectivity index (χ3v) is 14.8. The highest BCUT2D eigenvalue weighted by molar-refractivity contribution is 6.24. The van der Waals surface area contributed by atoms with Crippen molar-refractivity contribution in [3.63, 3.8) is 0 Å². The summed E-state index contributed by atoms with van der Waals surface area (Å²) in [5.41, 5.74) is 14.8.